The molecule has 2 aliphatic rings. The van der Waals surface area contributed by atoms with Crippen molar-refractivity contribution in [2.45, 2.75) is 19.6 Å². The van der Waals surface area contributed by atoms with E-state index >= 15 is 0 Å². The van der Waals surface area contributed by atoms with Crippen molar-refractivity contribution in [2.75, 3.05) is 18.4 Å². The number of nitrogens with zero attached hydrogens (tertiary/aromatic N) is 1. The fourth-order valence-electron chi connectivity index (χ4n) is 2.25. The molecule has 90 valence electrons. The number of nitrogens with two attached hydrogens (primary N) is 1. The Morgan fingerprint density at radius 1 is 1.53 bits per heavy atom. The van der Waals surface area contributed by atoms with Crippen LogP contribution in [0, 0.1) is 6.92 Å². The highest BCUT2D eigenvalue weighted by Gasteiger charge is 2.20. The van der Waals surface area contributed by atoms with Crippen LogP contribution in [0.5, 0.6) is 0 Å². The Kier molecular flexibility index (Phi) is 2.74. The molecule has 0 fully saturated rings. The van der Waals surface area contributed by atoms with Gasteiger partial charge in [0.05, 0.1) is 0 Å². The molecule has 0 spiro atoms. The summed E-state index contributed by atoms with van der Waals surface area (Å²) in [7, 11) is 0. The van der Waals surface area contributed by atoms with Crippen LogP contribution in [0.4, 0.5) is 5.00 Å². The molecule has 1 aromatic rings. The molecule has 4 nitrogen and oxygen atoms in total. The molecule has 0 saturated carbocycles. The SMILES string of the molecule is Cc1c(C2=CCNCC2)sc2c1C=NC(N)N2. The molecule has 3 rings (SSSR count). The van der Waals surface area contributed by atoms with E-state index in [1.807, 2.05) is 6.21 Å². The summed E-state index contributed by atoms with van der Waals surface area (Å²) in [4.78, 5) is 5.59. The Labute approximate surface area is 105 Å². The molecule has 0 saturated heterocycles. The van der Waals surface area contributed by atoms with Crippen LogP contribution in [0.2, 0.25) is 0 Å². The molecule has 0 bridgehead atoms. The summed E-state index contributed by atoms with van der Waals surface area (Å²) < 4.78 is 0. The Morgan fingerprint density at radius 3 is 3.18 bits per heavy atom. The molecule has 1 atom stereocenters. The summed E-state index contributed by atoms with van der Waals surface area (Å²) in [6.45, 7) is 4.20. The topological polar surface area (TPSA) is 62.4 Å². The van der Waals surface area contributed by atoms with E-state index < -0.39 is 0 Å². The van der Waals surface area contributed by atoms with Crippen molar-refractivity contribution in [3.8, 4) is 0 Å². The van der Waals surface area contributed by atoms with Crippen molar-refractivity contribution in [3.05, 3.63) is 22.1 Å². The van der Waals surface area contributed by atoms with Crippen LogP contribution in [0.15, 0.2) is 11.1 Å². The van der Waals surface area contributed by atoms with Gasteiger partial charge in [-0.15, -0.1) is 11.3 Å². The van der Waals surface area contributed by atoms with Gasteiger partial charge in [0, 0.05) is 23.2 Å². The van der Waals surface area contributed by atoms with Gasteiger partial charge in [0.25, 0.3) is 0 Å². The van der Waals surface area contributed by atoms with E-state index in [9.17, 15) is 0 Å². The second-order valence-electron chi connectivity index (χ2n) is 4.35. The highest BCUT2D eigenvalue weighted by Crippen LogP contribution is 2.39. The highest BCUT2D eigenvalue weighted by molar-refractivity contribution is 7.17. The second-order valence-corrected chi connectivity index (χ2v) is 5.37. The lowest BCUT2D eigenvalue weighted by atomic mass is 10.0. The first-order chi connectivity index (χ1) is 8.25. The zero-order chi connectivity index (χ0) is 11.8. The molecule has 5 heteroatoms. The standard InChI is InChI=1S/C12H16N4S/c1-7-9-6-15-12(13)16-11(9)17-10(7)8-2-4-14-5-3-8/h2,6,12,14,16H,3-5,13H2,1H3. The molecule has 0 amide bonds. The molecule has 1 unspecified atom stereocenters. The fraction of sp³-hybridized carbons (Fsp3) is 0.417. The van der Waals surface area contributed by atoms with Crippen molar-refractivity contribution >= 4 is 28.1 Å². The van der Waals surface area contributed by atoms with Crippen LogP contribution in [0.3, 0.4) is 0 Å². The number of hydrogen-bond acceptors (Lipinski definition) is 5. The van der Waals surface area contributed by atoms with Crippen LogP contribution >= 0.6 is 11.3 Å². The highest BCUT2D eigenvalue weighted by atomic mass is 32.1. The molecule has 2 aliphatic heterocycles. The molecule has 1 aromatic heterocycles. The summed E-state index contributed by atoms with van der Waals surface area (Å²) >= 11 is 1.79. The zero-order valence-corrected chi connectivity index (χ0v) is 10.6. The third kappa shape index (κ3) is 1.90. The predicted molar refractivity (Wildman–Crippen MR) is 73.7 cm³/mol. The molecule has 3 heterocycles. The maximum absolute atomic E-state index is 5.76. The zero-order valence-electron chi connectivity index (χ0n) is 9.79. The first-order valence-corrected chi connectivity index (χ1v) is 6.66. The lowest BCUT2D eigenvalue weighted by Gasteiger charge is -2.14. The van der Waals surface area contributed by atoms with Gasteiger partial charge in [0.15, 0.2) is 6.29 Å². The van der Waals surface area contributed by atoms with E-state index in [1.54, 1.807) is 11.3 Å². The summed E-state index contributed by atoms with van der Waals surface area (Å²) in [5.74, 6) is 0. The van der Waals surface area contributed by atoms with Crippen molar-refractivity contribution in [1.29, 1.82) is 0 Å². The predicted octanol–water partition coefficient (Wildman–Crippen LogP) is 1.52. The minimum absolute atomic E-state index is 0.296. The number of hydrogen-bond donors (Lipinski definition) is 3. The number of rotatable bonds is 1. The molecular formula is C12H16N4S. The van der Waals surface area contributed by atoms with Gasteiger partial charge in [-0.3, -0.25) is 10.7 Å². The lowest BCUT2D eigenvalue weighted by Crippen LogP contribution is -2.29. The van der Waals surface area contributed by atoms with Gasteiger partial charge in [-0.05, 0) is 31.0 Å². The fourth-order valence-corrected chi connectivity index (χ4v) is 3.53. The van der Waals surface area contributed by atoms with Crippen LogP contribution < -0.4 is 16.4 Å². The van der Waals surface area contributed by atoms with Gasteiger partial charge >= 0.3 is 0 Å². The second kappa shape index (κ2) is 4.25. The molecule has 0 aliphatic carbocycles. The number of anilines is 1. The summed E-state index contributed by atoms with van der Waals surface area (Å²) in [5, 5.41) is 7.71. The minimum atomic E-state index is -0.296. The van der Waals surface area contributed by atoms with E-state index in [1.165, 1.54) is 21.6 Å². The van der Waals surface area contributed by atoms with Gasteiger partial charge in [-0.2, -0.15) is 0 Å². The normalized spacial score (nSPS) is 22.9. The Bertz CT molecular complexity index is 501. The summed E-state index contributed by atoms with van der Waals surface area (Å²) in [6.07, 6.45) is 4.98. The number of fused-ring (bicyclic) bond motifs is 1. The molecular weight excluding hydrogens is 232 g/mol. The number of aliphatic imine (C=N–C) groups is 1. The van der Waals surface area contributed by atoms with Crippen molar-refractivity contribution in [2.24, 2.45) is 10.7 Å². The van der Waals surface area contributed by atoms with Crippen LogP contribution in [-0.4, -0.2) is 25.6 Å². The molecule has 17 heavy (non-hydrogen) atoms. The summed E-state index contributed by atoms with van der Waals surface area (Å²) in [5.41, 5.74) is 9.73. The van der Waals surface area contributed by atoms with E-state index in [2.05, 4.69) is 28.6 Å². The van der Waals surface area contributed by atoms with E-state index in [0.717, 1.165) is 24.5 Å². The quantitative estimate of drug-likeness (QED) is 0.706. The third-order valence-corrected chi connectivity index (χ3v) is 4.51. The number of thiophene rings is 1. The van der Waals surface area contributed by atoms with Crippen molar-refractivity contribution in [3.63, 3.8) is 0 Å². The van der Waals surface area contributed by atoms with Gasteiger partial charge in [-0.1, -0.05) is 6.08 Å². The largest absolute Gasteiger partial charge is 0.343 e. The van der Waals surface area contributed by atoms with E-state index in [0.29, 0.717) is 0 Å². The Morgan fingerprint density at radius 2 is 2.41 bits per heavy atom. The number of nitrogens with one attached hydrogen (secondary N) is 2. The first-order valence-electron chi connectivity index (χ1n) is 5.84. The Balaban J connectivity index is 2.02. The van der Waals surface area contributed by atoms with Gasteiger partial charge in [0.1, 0.15) is 5.00 Å². The maximum Gasteiger partial charge on any atom is 0.171 e. The lowest BCUT2D eigenvalue weighted by molar-refractivity contribution is 0.739. The van der Waals surface area contributed by atoms with Crippen molar-refractivity contribution in [1.82, 2.24) is 5.32 Å². The van der Waals surface area contributed by atoms with Crippen LogP contribution in [-0.2, 0) is 0 Å². The third-order valence-electron chi connectivity index (χ3n) is 3.19. The first kappa shape index (κ1) is 11.0. The van der Waals surface area contributed by atoms with Gasteiger partial charge < -0.3 is 10.6 Å². The van der Waals surface area contributed by atoms with Gasteiger partial charge in [0.2, 0.25) is 0 Å². The average molecular weight is 248 g/mol. The van der Waals surface area contributed by atoms with Crippen LogP contribution in [0.25, 0.3) is 5.57 Å². The van der Waals surface area contributed by atoms with Gasteiger partial charge in [-0.25, -0.2) is 0 Å². The maximum atomic E-state index is 5.76. The smallest absolute Gasteiger partial charge is 0.171 e. The van der Waals surface area contributed by atoms with E-state index in [4.69, 9.17) is 5.73 Å². The molecule has 0 radical (unpaired) electrons. The van der Waals surface area contributed by atoms with E-state index in [-0.39, 0.29) is 6.29 Å². The molecule has 0 aromatic carbocycles. The summed E-state index contributed by atoms with van der Waals surface area (Å²) in [6, 6.07) is 0. The van der Waals surface area contributed by atoms with Crippen LogP contribution in [0.1, 0.15) is 22.4 Å². The van der Waals surface area contributed by atoms with Crippen molar-refractivity contribution < 1.29 is 0 Å². The average Bonchev–Trinajstić information content (AvgIpc) is 2.67. The Hall–Kier alpha value is -1.17. The monoisotopic (exact) mass is 248 g/mol. The minimum Gasteiger partial charge on any atom is -0.343 e. The molecule has 4 N–H and O–H groups in total.